The second-order valence-electron chi connectivity index (χ2n) is 9.82. The lowest BCUT2D eigenvalue weighted by atomic mass is 10.2. The first kappa shape index (κ1) is 22.7. The second kappa shape index (κ2) is 8.94. The highest BCUT2D eigenvalue weighted by molar-refractivity contribution is 6.99. The normalized spacial score (nSPS) is 19.0. The Balaban J connectivity index is 1.42. The van der Waals surface area contributed by atoms with Crippen molar-refractivity contribution < 1.29 is 9.16 Å². The Labute approximate surface area is 199 Å². The summed E-state index contributed by atoms with van der Waals surface area (Å²) in [7, 11) is -2.61. The molecule has 1 aliphatic heterocycles. The molecule has 7 nitrogen and oxygen atoms in total. The molecule has 2 atom stereocenters. The minimum absolute atomic E-state index is 0.0499. The number of hydrogen-bond donors (Lipinski definition) is 1. The molecule has 2 aromatic heterocycles. The van der Waals surface area contributed by atoms with Crippen molar-refractivity contribution in [3.05, 3.63) is 83.7 Å². The van der Waals surface area contributed by atoms with E-state index in [0.717, 1.165) is 12.8 Å². The molecule has 1 aliphatic rings. The maximum absolute atomic E-state index is 12.0. The summed E-state index contributed by atoms with van der Waals surface area (Å²) in [6.07, 6.45) is 4.46. The third kappa shape index (κ3) is 3.91. The van der Waals surface area contributed by atoms with E-state index >= 15 is 0 Å². The van der Waals surface area contributed by atoms with E-state index in [0.29, 0.717) is 17.8 Å². The smallest absolute Gasteiger partial charge is 0.278 e. The van der Waals surface area contributed by atoms with Crippen LogP contribution in [0, 0.1) is 0 Å². The molecule has 4 aromatic rings. The number of benzene rings is 2. The average Bonchev–Trinajstić information content (AvgIpc) is 3.48. The van der Waals surface area contributed by atoms with E-state index in [1.54, 1.807) is 6.33 Å². The van der Waals surface area contributed by atoms with Crippen molar-refractivity contribution in [2.75, 3.05) is 6.61 Å². The summed E-state index contributed by atoms with van der Waals surface area (Å²) in [6.45, 7) is 7.33. The molecule has 0 unspecified atom stereocenters. The Morgan fingerprint density at radius 1 is 1.03 bits per heavy atom. The maximum Gasteiger partial charge on any atom is 0.278 e. The Hall–Kier alpha value is -3.07. The van der Waals surface area contributed by atoms with E-state index in [1.165, 1.54) is 16.7 Å². The Morgan fingerprint density at radius 2 is 1.68 bits per heavy atom. The topological polar surface area (TPSA) is 82.0 Å². The van der Waals surface area contributed by atoms with Crippen LogP contribution in [0.25, 0.3) is 11.2 Å². The van der Waals surface area contributed by atoms with Crippen molar-refractivity contribution in [3.63, 3.8) is 0 Å². The summed E-state index contributed by atoms with van der Waals surface area (Å²) in [5.41, 5.74) is 0.633. The lowest BCUT2D eigenvalue weighted by molar-refractivity contribution is -0.0175. The van der Waals surface area contributed by atoms with Crippen LogP contribution in [0.15, 0.2) is 78.1 Å². The Bertz CT molecular complexity index is 1280. The molecule has 0 spiro atoms. The number of fused-ring (bicyclic) bond motifs is 1. The molecular weight excluding hydrogens is 449 g/mol. The van der Waals surface area contributed by atoms with Gasteiger partial charge in [0.2, 0.25) is 0 Å². The van der Waals surface area contributed by atoms with Crippen LogP contribution >= 0.6 is 0 Å². The first-order chi connectivity index (χ1) is 16.4. The van der Waals surface area contributed by atoms with Gasteiger partial charge in [0.1, 0.15) is 6.23 Å². The van der Waals surface area contributed by atoms with Gasteiger partial charge in [0.05, 0.1) is 25.4 Å². The molecule has 176 valence electrons. The molecule has 1 saturated heterocycles. The van der Waals surface area contributed by atoms with Gasteiger partial charge < -0.3 is 14.1 Å². The van der Waals surface area contributed by atoms with Gasteiger partial charge in [0.25, 0.3) is 13.9 Å². The number of nitrogens with one attached hydrogen (secondary N) is 1. The van der Waals surface area contributed by atoms with Crippen molar-refractivity contribution in [2.45, 2.75) is 51.0 Å². The first-order valence-electron chi connectivity index (χ1n) is 11.7. The van der Waals surface area contributed by atoms with Crippen LogP contribution in [0.2, 0.25) is 5.04 Å². The predicted octanol–water partition coefficient (Wildman–Crippen LogP) is 3.37. The van der Waals surface area contributed by atoms with E-state index in [9.17, 15) is 4.79 Å². The summed E-state index contributed by atoms with van der Waals surface area (Å²) in [4.78, 5) is 23.1. The molecule has 0 amide bonds. The van der Waals surface area contributed by atoms with E-state index in [1.807, 2.05) is 4.57 Å². The van der Waals surface area contributed by atoms with Crippen molar-refractivity contribution in [1.29, 1.82) is 0 Å². The highest BCUT2D eigenvalue weighted by Crippen LogP contribution is 2.38. The highest BCUT2D eigenvalue weighted by Gasteiger charge is 2.50. The minimum Gasteiger partial charge on any atom is -0.405 e. The highest BCUT2D eigenvalue weighted by atomic mass is 28.4. The van der Waals surface area contributed by atoms with Crippen LogP contribution < -0.4 is 15.9 Å². The van der Waals surface area contributed by atoms with Gasteiger partial charge in [-0.2, -0.15) is 0 Å². The standard InChI is InChI=1S/C26H30N4O3Si/c1-26(2,3)34(20-10-6-4-7-11-20,21-12-8-5-9-13-21)32-16-19-14-15-22(33-19)30-18-29-23-24(30)27-17-28-25(23)31/h4-13,17-19,22H,14-16H2,1-3H3,(H,27,28,31)/t19-,22+/m0/s1/i14+1,15+1,16+1,19+1,22+1. The van der Waals surface area contributed by atoms with Crippen LogP contribution in [-0.4, -0.2) is 40.5 Å². The third-order valence-corrected chi connectivity index (χ3v) is 11.7. The molecular formula is C26H30N4O3Si. The molecule has 0 radical (unpaired) electrons. The molecule has 8 heteroatoms. The van der Waals surface area contributed by atoms with Crippen molar-refractivity contribution in [3.8, 4) is 0 Å². The van der Waals surface area contributed by atoms with Crippen LogP contribution in [0.4, 0.5) is 0 Å². The van der Waals surface area contributed by atoms with Gasteiger partial charge in [-0.05, 0) is 28.3 Å². The number of H-pyrrole nitrogens is 1. The van der Waals surface area contributed by atoms with Crippen LogP contribution in [-0.2, 0) is 9.16 Å². The summed E-state index contributed by atoms with van der Waals surface area (Å²) < 4.78 is 15.3. The van der Waals surface area contributed by atoms with Gasteiger partial charge >= 0.3 is 0 Å². The summed E-state index contributed by atoms with van der Waals surface area (Å²) in [5.74, 6) is 0. The van der Waals surface area contributed by atoms with E-state index < -0.39 is 8.32 Å². The van der Waals surface area contributed by atoms with Gasteiger partial charge in [-0.15, -0.1) is 0 Å². The number of hydrogen-bond acceptors (Lipinski definition) is 5. The number of imidazole rings is 1. The molecule has 2 aromatic carbocycles. The van der Waals surface area contributed by atoms with Gasteiger partial charge in [-0.3, -0.25) is 9.36 Å². The second-order valence-corrected chi connectivity index (χ2v) is 14.1. The summed E-state index contributed by atoms with van der Waals surface area (Å²) in [5, 5.41) is 2.43. The number of rotatable bonds is 6. The first-order valence-corrected chi connectivity index (χ1v) is 13.6. The van der Waals surface area contributed by atoms with E-state index in [4.69, 9.17) is 9.16 Å². The lowest BCUT2D eigenvalue weighted by Crippen LogP contribution is -2.67. The minimum atomic E-state index is -2.61. The zero-order chi connectivity index (χ0) is 23.8. The van der Waals surface area contributed by atoms with Crippen molar-refractivity contribution >= 4 is 29.9 Å². The number of aromatic nitrogens is 4. The van der Waals surface area contributed by atoms with Crippen LogP contribution in [0.3, 0.4) is 0 Å². The lowest BCUT2D eigenvalue weighted by Gasteiger charge is -2.43. The molecule has 5 rings (SSSR count). The summed E-state index contributed by atoms with van der Waals surface area (Å²) in [6, 6.07) is 21.3. The fourth-order valence-electron chi connectivity index (χ4n) is 5.07. The number of nitrogens with zero attached hydrogens (tertiary/aromatic N) is 3. The number of ether oxygens (including phenoxy) is 1. The zero-order valence-electron chi connectivity index (χ0n) is 19.8. The number of aromatic amines is 1. The average molecular weight is 480 g/mol. The molecule has 34 heavy (non-hydrogen) atoms. The fourth-order valence-corrected chi connectivity index (χ4v) is 9.66. The third-order valence-electron chi connectivity index (χ3n) is 6.66. The summed E-state index contributed by atoms with van der Waals surface area (Å²) >= 11 is 0. The molecule has 1 fully saturated rings. The Kier molecular flexibility index (Phi) is 5.97. The molecule has 0 saturated carbocycles. The SMILES string of the molecule is CC(C)(C)[Si](O[13CH2][13C@@H]1[13CH2][13CH2][13C@H](n2cnc3c(=O)[nH]cnc32)O1)(c1ccccc1)c1ccccc1. The maximum atomic E-state index is 12.0. The Morgan fingerprint density at radius 3 is 2.29 bits per heavy atom. The van der Waals surface area contributed by atoms with Crippen LogP contribution in [0.5, 0.6) is 0 Å². The molecule has 3 heterocycles. The monoisotopic (exact) mass is 479 g/mol. The van der Waals surface area contributed by atoms with Gasteiger partial charge in [-0.1, -0.05) is 81.4 Å². The van der Waals surface area contributed by atoms with E-state index in [-0.39, 0.29) is 22.9 Å². The fraction of sp³-hybridized carbons (Fsp3) is 0.346. The van der Waals surface area contributed by atoms with E-state index in [2.05, 4.69) is 96.4 Å². The quantitative estimate of drug-likeness (QED) is 0.339. The van der Waals surface area contributed by atoms with Crippen molar-refractivity contribution in [1.82, 2.24) is 19.5 Å². The van der Waals surface area contributed by atoms with Crippen molar-refractivity contribution in [2.24, 2.45) is 0 Å². The molecule has 1 N–H and O–H groups in total. The largest absolute Gasteiger partial charge is 0.405 e. The molecule has 0 aliphatic carbocycles. The predicted molar refractivity (Wildman–Crippen MR) is 135 cm³/mol. The van der Waals surface area contributed by atoms with Gasteiger partial charge in [-0.25, -0.2) is 9.97 Å². The molecule has 0 bridgehead atoms. The van der Waals surface area contributed by atoms with Crippen LogP contribution in [0.1, 0.15) is 39.8 Å². The van der Waals surface area contributed by atoms with Gasteiger partial charge in [0.15, 0.2) is 11.2 Å². The zero-order valence-corrected chi connectivity index (χ0v) is 20.8. The van der Waals surface area contributed by atoms with Gasteiger partial charge in [0, 0.05) is 0 Å².